The van der Waals surface area contributed by atoms with Crippen molar-refractivity contribution in [2.45, 2.75) is 13.0 Å². The molecule has 124 valence electrons. The summed E-state index contributed by atoms with van der Waals surface area (Å²) in [5.74, 6) is 0.946. The lowest BCUT2D eigenvalue weighted by Gasteiger charge is -2.22. The Balaban J connectivity index is 1.78. The van der Waals surface area contributed by atoms with Gasteiger partial charge in [-0.05, 0) is 18.1 Å². The van der Waals surface area contributed by atoms with Gasteiger partial charge < -0.3 is 10.2 Å². The van der Waals surface area contributed by atoms with Crippen LogP contribution in [0, 0.1) is 6.92 Å². The minimum absolute atomic E-state index is 0.0294. The Hall–Kier alpha value is -2.27. The molecular weight excluding hydrogens is 320 g/mol. The van der Waals surface area contributed by atoms with E-state index in [2.05, 4.69) is 5.32 Å². The van der Waals surface area contributed by atoms with Gasteiger partial charge in [0.25, 0.3) is 0 Å². The smallest absolute Gasteiger partial charge is 0.240 e. The highest BCUT2D eigenvalue weighted by atomic mass is 32.2. The summed E-state index contributed by atoms with van der Waals surface area (Å²) in [6, 6.07) is 17.8. The largest absolute Gasteiger partial charge is 0.344 e. The average Bonchev–Trinajstić information content (AvgIpc) is 2.99. The summed E-state index contributed by atoms with van der Waals surface area (Å²) < 4.78 is 0. The molecule has 2 aromatic rings. The quantitative estimate of drug-likeness (QED) is 0.910. The van der Waals surface area contributed by atoms with Crippen LogP contribution in [0.3, 0.4) is 0 Å². The van der Waals surface area contributed by atoms with Gasteiger partial charge in [0, 0.05) is 0 Å². The van der Waals surface area contributed by atoms with Crippen molar-refractivity contribution in [1.29, 1.82) is 0 Å². The van der Waals surface area contributed by atoms with Crippen molar-refractivity contribution in [3.8, 4) is 0 Å². The van der Waals surface area contributed by atoms with Crippen LogP contribution in [0.1, 0.15) is 22.7 Å². The number of amides is 2. The van der Waals surface area contributed by atoms with Crippen LogP contribution < -0.4 is 5.32 Å². The van der Waals surface area contributed by atoms with Gasteiger partial charge in [-0.2, -0.15) is 0 Å². The highest BCUT2D eigenvalue weighted by Gasteiger charge is 2.24. The molecule has 24 heavy (non-hydrogen) atoms. The topological polar surface area (TPSA) is 49.4 Å². The second-order valence-corrected chi connectivity index (χ2v) is 6.85. The second-order valence-electron chi connectivity index (χ2n) is 5.89. The number of carbonyl (C=O) groups excluding carboxylic acids is 2. The van der Waals surface area contributed by atoms with Gasteiger partial charge >= 0.3 is 0 Å². The first-order valence-electron chi connectivity index (χ1n) is 7.90. The minimum Gasteiger partial charge on any atom is -0.344 e. The third kappa shape index (κ3) is 3.97. The Morgan fingerprint density at radius 3 is 2.42 bits per heavy atom. The fourth-order valence-electron chi connectivity index (χ4n) is 2.68. The lowest BCUT2D eigenvalue weighted by atomic mass is 9.98. The van der Waals surface area contributed by atoms with Crippen molar-refractivity contribution in [2.75, 3.05) is 18.2 Å². The third-order valence-electron chi connectivity index (χ3n) is 4.01. The van der Waals surface area contributed by atoms with Crippen LogP contribution in [0.5, 0.6) is 0 Å². The van der Waals surface area contributed by atoms with Crippen LogP contribution in [-0.2, 0) is 9.59 Å². The molecule has 1 heterocycles. The zero-order chi connectivity index (χ0) is 16.9. The minimum atomic E-state index is -0.218. The average molecular weight is 340 g/mol. The van der Waals surface area contributed by atoms with Crippen LogP contribution in [0.25, 0.3) is 0 Å². The number of hydrogen-bond acceptors (Lipinski definition) is 3. The molecule has 1 aliphatic heterocycles. The summed E-state index contributed by atoms with van der Waals surface area (Å²) in [6.07, 6.45) is 0. The summed E-state index contributed by atoms with van der Waals surface area (Å²) in [6.45, 7) is 2.15. The van der Waals surface area contributed by atoms with Gasteiger partial charge in [0.15, 0.2) is 0 Å². The molecule has 0 bridgehead atoms. The molecule has 1 saturated heterocycles. The molecule has 1 N–H and O–H groups in total. The molecule has 2 amide bonds. The normalized spacial score (nSPS) is 15.4. The second kappa shape index (κ2) is 7.53. The van der Waals surface area contributed by atoms with Gasteiger partial charge in [-0.1, -0.05) is 60.2 Å². The molecule has 0 aromatic heterocycles. The molecule has 4 nitrogen and oxygen atoms in total. The monoisotopic (exact) mass is 340 g/mol. The fraction of sp³-hybridized carbons (Fsp3) is 0.263. The number of hydrogen-bond donors (Lipinski definition) is 1. The van der Waals surface area contributed by atoms with E-state index in [1.807, 2.05) is 61.5 Å². The highest BCUT2D eigenvalue weighted by Crippen LogP contribution is 2.22. The van der Waals surface area contributed by atoms with Crippen molar-refractivity contribution >= 4 is 23.6 Å². The van der Waals surface area contributed by atoms with Crippen molar-refractivity contribution in [3.63, 3.8) is 0 Å². The molecule has 1 fully saturated rings. The molecule has 3 rings (SSSR count). The molecule has 2 aromatic carbocycles. The lowest BCUT2D eigenvalue weighted by molar-refractivity contribution is -0.132. The fourth-order valence-corrected chi connectivity index (χ4v) is 3.59. The highest BCUT2D eigenvalue weighted by molar-refractivity contribution is 8.00. The summed E-state index contributed by atoms with van der Waals surface area (Å²) >= 11 is 1.54. The van der Waals surface area contributed by atoms with Crippen LogP contribution in [0.4, 0.5) is 0 Å². The predicted octanol–water partition coefficient (Wildman–Crippen LogP) is 2.73. The molecular formula is C19H20N2O2S. The van der Waals surface area contributed by atoms with Gasteiger partial charge in [-0.3, -0.25) is 9.59 Å². The van der Waals surface area contributed by atoms with Gasteiger partial charge in [-0.15, -0.1) is 11.8 Å². The van der Waals surface area contributed by atoms with Crippen molar-refractivity contribution < 1.29 is 9.59 Å². The number of benzene rings is 2. The van der Waals surface area contributed by atoms with E-state index in [-0.39, 0.29) is 24.4 Å². The van der Waals surface area contributed by atoms with Crippen molar-refractivity contribution in [3.05, 3.63) is 71.3 Å². The Labute approximate surface area is 146 Å². The Morgan fingerprint density at radius 1 is 1.12 bits per heavy atom. The lowest BCUT2D eigenvalue weighted by Crippen LogP contribution is -2.40. The molecule has 1 aliphatic rings. The maximum Gasteiger partial charge on any atom is 0.240 e. The van der Waals surface area contributed by atoms with Crippen LogP contribution in [-0.4, -0.2) is 34.9 Å². The van der Waals surface area contributed by atoms with E-state index in [1.165, 1.54) is 5.56 Å². The first-order chi connectivity index (χ1) is 11.6. The van der Waals surface area contributed by atoms with E-state index < -0.39 is 0 Å². The number of nitrogens with one attached hydrogen (secondary N) is 1. The van der Waals surface area contributed by atoms with Crippen molar-refractivity contribution in [1.82, 2.24) is 10.2 Å². The number of nitrogens with zero attached hydrogens (tertiary/aromatic N) is 1. The molecule has 1 atom stereocenters. The number of aryl methyl sites for hydroxylation is 1. The van der Waals surface area contributed by atoms with E-state index >= 15 is 0 Å². The Morgan fingerprint density at radius 2 is 1.79 bits per heavy atom. The van der Waals surface area contributed by atoms with Gasteiger partial charge in [0.1, 0.15) is 6.54 Å². The zero-order valence-electron chi connectivity index (χ0n) is 13.6. The maximum absolute atomic E-state index is 12.5. The van der Waals surface area contributed by atoms with Crippen LogP contribution >= 0.6 is 11.8 Å². The predicted molar refractivity (Wildman–Crippen MR) is 96.6 cm³/mol. The maximum atomic E-state index is 12.5. The first-order valence-corrected chi connectivity index (χ1v) is 9.05. The SMILES string of the molecule is Cc1ccc([C@H](NC(=O)CN2CSCC2=O)c2ccccc2)cc1. The zero-order valence-corrected chi connectivity index (χ0v) is 14.4. The van der Waals surface area contributed by atoms with E-state index in [4.69, 9.17) is 0 Å². The van der Waals surface area contributed by atoms with E-state index in [0.29, 0.717) is 11.6 Å². The third-order valence-corrected chi connectivity index (χ3v) is 4.95. The van der Waals surface area contributed by atoms with Gasteiger partial charge in [0.05, 0.1) is 17.7 Å². The van der Waals surface area contributed by atoms with Gasteiger partial charge in [0.2, 0.25) is 11.8 Å². The summed E-state index contributed by atoms with van der Waals surface area (Å²) in [7, 11) is 0. The molecule has 0 unspecified atom stereocenters. The molecule has 0 aliphatic carbocycles. The van der Waals surface area contributed by atoms with E-state index in [0.717, 1.165) is 11.1 Å². The molecule has 5 heteroatoms. The number of rotatable bonds is 5. The number of thioether (sulfide) groups is 1. The Bertz CT molecular complexity index is 716. The van der Waals surface area contributed by atoms with Crippen LogP contribution in [0.2, 0.25) is 0 Å². The molecule has 0 radical (unpaired) electrons. The Kier molecular flexibility index (Phi) is 5.20. The first kappa shape index (κ1) is 16.6. The summed E-state index contributed by atoms with van der Waals surface area (Å²) in [5, 5.41) is 3.07. The van der Waals surface area contributed by atoms with E-state index in [9.17, 15) is 9.59 Å². The molecule has 0 spiro atoms. The number of carbonyl (C=O) groups is 2. The van der Waals surface area contributed by atoms with Crippen LogP contribution in [0.15, 0.2) is 54.6 Å². The van der Waals surface area contributed by atoms with Gasteiger partial charge in [-0.25, -0.2) is 0 Å². The standard InChI is InChI=1S/C19H20N2O2S/c1-14-7-9-16(10-8-14)19(15-5-3-2-4-6-15)20-17(22)11-21-13-24-12-18(21)23/h2-10,19H,11-13H2,1H3,(H,20,22)/t19-/m1/s1. The van der Waals surface area contributed by atoms with E-state index in [1.54, 1.807) is 16.7 Å². The molecule has 0 saturated carbocycles. The summed E-state index contributed by atoms with van der Waals surface area (Å²) in [5.41, 5.74) is 3.23. The van der Waals surface area contributed by atoms with Crippen molar-refractivity contribution in [2.24, 2.45) is 0 Å². The summed E-state index contributed by atoms with van der Waals surface area (Å²) in [4.78, 5) is 25.7.